The zero-order chi connectivity index (χ0) is 14.4. The van der Waals surface area contributed by atoms with E-state index in [2.05, 4.69) is 8.75 Å². The summed E-state index contributed by atoms with van der Waals surface area (Å²) in [6.07, 6.45) is 4.18. The van der Waals surface area contributed by atoms with Crippen LogP contribution in [0.1, 0.15) is 25.7 Å². The second-order valence-electron chi connectivity index (χ2n) is 5.50. The molecule has 21 heavy (non-hydrogen) atoms. The summed E-state index contributed by atoms with van der Waals surface area (Å²) >= 11 is 1.05. The van der Waals surface area contributed by atoms with Crippen molar-refractivity contribution < 1.29 is 8.42 Å². The monoisotopic (exact) mass is 321 g/mol. The molecule has 1 aliphatic heterocycles. The summed E-state index contributed by atoms with van der Waals surface area (Å²) in [7, 11) is -3.47. The van der Waals surface area contributed by atoms with E-state index in [-0.39, 0.29) is 4.90 Å². The summed E-state index contributed by atoms with van der Waals surface area (Å²) in [4.78, 5) is 0.288. The third-order valence-electron chi connectivity index (χ3n) is 4.19. The lowest BCUT2D eigenvalue weighted by Gasteiger charge is -2.27. The number of rotatable bonds is 2. The van der Waals surface area contributed by atoms with Crippen LogP contribution in [0.5, 0.6) is 0 Å². The van der Waals surface area contributed by atoms with Crippen molar-refractivity contribution in [3.63, 3.8) is 0 Å². The maximum Gasteiger partial charge on any atom is 0.245 e. The molecule has 0 radical (unpaired) electrons. The van der Waals surface area contributed by atoms with Crippen LogP contribution < -0.4 is 0 Å². The number of hydrogen-bond donors (Lipinski definition) is 0. The molecule has 0 amide bonds. The summed E-state index contributed by atoms with van der Waals surface area (Å²) in [5.74, 6) is 0. The van der Waals surface area contributed by atoms with E-state index in [1.807, 2.05) is 0 Å². The predicted molar refractivity (Wildman–Crippen MR) is 81.7 cm³/mol. The highest BCUT2D eigenvalue weighted by Gasteiger charge is 2.31. The van der Waals surface area contributed by atoms with Gasteiger partial charge in [-0.3, -0.25) is 0 Å². The van der Waals surface area contributed by atoms with Gasteiger partial charge in [0.05, 0.1) is 11.7 Å². The predicted octanol–water partition coefficient (Wildman–Crippen LogP) is 2.57. The number of piperidine rings is 1. The molecule has 1 aromatic carbocycles. The molecule has 5 nitrogen and oxygen atoms in total. The number of aromatic nitrogens is 2. The summed E-state index contributed by atoms with van der Waals surface area (Å²) < 4.78 is 35.5. The molecule has 0 atom stereocenters. The van der Waals surface area contributed by atoms with Crippen molar-refractivity contribution >= 4 is 32.8 Å². The van der Waals surface area contributed by atoms with E-state index in [1.54, 1.807) is 28.1 Å². The lowest BCUT2D eigenvalue weighted by atomic mass is 10.1. The van der Waals surface area contributed by atoms with Gasteiger partial charge >= 0.3 is 0 Å². The van der Waals surface area contributed by atoms with Crippen LogP contribution in [-0.4, -0.2) is 34.6 Å². The summed E-state index contributed by atoms with van der Waals surface area (Å²) in [5.41, 5.74) is 4.18. The molecule has 1 aromatic heterocycles. The van der Waals surface area contributed by atoms with Crippen molar-refractivity contribution in [1.82, 2.24) is 13.1 Å². The molecule has 110 valence electrons. The molecular weight excluding hydrogens is 306 g/mol. The Morgan fingerprint density at radius 1 is 1.00 bits per heavy atom. The van der Waals surface area contributed by atoms with Gasteiger partial charge in [-0.05, 0) is 37.8 Å². The first-order chi connectivity index (χ1) is 10.2. The molecule has 1 saturated carbocycles. The maximum absolute atomic E-state index is 12.8. The molecule has 0 bridgehead atoms. The SMILES string of the molecule is O=S(=O)(c1cccc2nsnc12)N1CCC(=C2CC2)CC1. The van der Waals surface area contributed by atoms with Gasteiger partial charge in [-0.2, -0.15) is 13.1 Å². The van der Waals surface area contributed by atoms with Crippen LogP contribution >= 0.6 is 11.7 Å². The van der Waals surface area contributed by atoms with Gasteiger partial charge in [0.25, 0.3) is 0 Å². The second kappa shape index (κ2) is 4.86. The van der Waals surface area contributed by atoms with Crippen molar-refractivity contribution in [2.75, 3.05) is 13.1 Å². The third-order valence-corrected chi connectivity index (χ3v) is 6.67. The van der Waals surface area contributed by atoms with Gasteiger partial charge in [-0.1, -0.05) is 17.2 Å². The Balaban J connectivity index is 1.67. The third kappa shape index (κ3) is 2.29. The largest absolute Gasteiger partial charge is 0.245 e. The molecule has 2 heterocycles. The van der Waals surface area contributed by atoms with Crippen molar-refractivity contribution in [3.8, 4) is 0 Å². The van der Waals surface area contributed by atoms with Gasteiger partial charge < -0.3 is 0 Å². The van der Waals surface area contributed by atoms with Crippen molar-refractivity contribution in [3.05, 3.63) is 29.3 Å². The van der Waals surface area contributed by atoms with Crippen LogP contribution in [-0.2, 0) is 10.0 Å². The number of allylic oxidation sites excluding steroid dienone is 1. The van der Waals surface area contributed by atoms with Gasteiger partial charge in [0, 0.05) is 13.1 Å². The van der Waals surface area contributed by atoms with E-state index in [4.69, 9.17) is 0 Å². The van der Waals surface area contributed by atoms with Gasteiger partial charge in [0.15, 0.2) is 0 Å². The summed E-state index contributed by atoms with van der Waals surface area (Å²) in [6, 6.07) is 5.16. The number of nitrogens with zero attached hydrogens (tertiary/aromatic N) is 3. The molecule has 2 aliphatic rings. The first kappa shape index (κ1) is 13.4. The molecule has 1 aliphatic carbocycles. The minimum absolute atomic E-state index is 0.288. The standard InChI is InChI=1S/C14H15N3O2S2/c18-21(19,13-3-1-2-12-14(13)16-20-15-12)17-8-6-11(7-9-17)10-4-5-10/h1-3H,4-9H2. The normalized spacial score (nSPS) is 20.2. The van der Waals surface area contributed by atoms with Crippen molar-refractivity contribution in [2.45, 2.75) is 30.6 Å². The Hall–Kier alpha value is -1.31. The van der Waals surface area contributed by atoms with Crippen LogP contribution in [0.25, 0.3) is 11.0 Å². The Labute approximate surface area is 127 Å². The topological polar surface area (TPSA) is 63.2 Å². The van der Waals surface area contributed by atoms with Crippen LogP contribution in [0.2, 0.25) is 0 Å². The lowest BCUT2D eigenvalue weighted by molar-refractivity contribution is 0.386. The Morgan fingerprint density at radius 2 is 1.71 bits per heavy atom. The highest BCUT2D eigenvalue weighted by Crippen LogP contribution is 2.37. The van der Waals surface area contributed by atoms with Gasteiger partial charge in [-0.15, -0.1) is 0 Å². The van der Waals surface area contributed by atoms with E-state index in [1.165, 1.54) is 18.4 Å². The van der Waals surface area contributed by atoms with Gasteiger partial charge in [0.1, 0.15) is 15.9 Å². The van der Waals surface area contributed by atoms with Gasteiger partial charge in [0.2, 0.25) is 10.0 Å². The van der Waals surface area contributed by atoms with Crippen molar-refractivity contribution in [1.29, 1.82) is 0 Å². The molecule has 0 spiro atoms. The number of hydrogen-bond acceptors (Lipinski definition) is 5. The lowest BCUT2D eigenvalue weighted by Crippen LogP contribution is -2.36. The molecule has 7 heteroatoms. The average Bonchev–Trinajstić information content (AvgIpc) is 3.24. The summed E-state index contributed by atoms with van der Waals surface area (Å²) in [5, 5.41) is 0. The Morgan fingerprint density at radius 3 is 2.43 bits per heavy atom. The van der Waals surface area contributed by atoms with E-state index < -0.39 is 10.0 Å². The molecule has 1 saturated heterocycles. The zero-order valence-electron chi connectivity index (χ0n) is 11.4. The highest BCUT2D eigenvalue weighted by atomic mass is 32.2. The zero-order valence-corrected chi connectivity index (χ0v) is 13.1. The van der Waals surface area contributed by atoms with Crippen LogP contribution in [0.3, 0.4) is 0 Å². The fourth-order valence-corrected chi connectivity index (χ4v) is 5.09. The van der Waals surface area contributed by atoms with Crippen LogP contribution in [0, 0.1) is 0 Å². The molecular formula is C14H15N3O2S2. The smallest absolute Gasteiger partial charge is 0.207 e. The summed E-state index contributed by atoms with van der Waals surface area (Å²) in [6.45, 7) is 1.16. The number of fused-ring (bicyclic) bond motifs is 1. The second-order valence-corrected chi connectivity index (χ2v) is 7.93. The fraction of sp³-hybridized carbons (Fsp3) is 0.429. The average molecular weight is 321 g/mol. The first-order valence-corrected chi connectivity index (χ1v) is 9.24. The minimum atomic E-state index is -3.47. The number of sulfonamides is 1. The molecule has 2 aromatic rings. The molecule has 4 rings (SSSR count). The first-order valence-electron chi connectivity index (χ1n) is 7.07. The van der Waals surface area contributed by atoms with E-state index in [0.717, 1.165) is 24.6 Å². The van der Waals surface area contributed by atoms with E-state index >= 15 is 0 Å². The fourth-order valence-electron chi connectivity index (χ4n) is 2.89. The van der Waals surface area contributed by atoms with Gasteiger partial charge in [-0.25, -0.2) is 8.42 Å². The minimum Gasteiger partial charge on any atom is -0.207 e. The quantitative estimate of drug-likeness (QED) is 0.798. The van der Waals surface area contributed by atoms with Crippen LogP contribution in [0.4, 0.5) is 0 Å². The van der Waals surface area contributed by atoms with E-state index in [9.17, 15) is 8.42 Å². The van der Waals surface area contributed by atoms with Crippen molar-refractivity contribution in [2.24, 2.45) is 0 Å². The molecule has 0 unspecified atom stereocenters. The molecule has 2 fully saturated rings. The van der Waals surface area contributed by atoms with E-state index in [0.29, 0.717) is 24.1 Å². The Bertz CT molecular complexity index is 823. The Kier molecular flexibility index (Phi) is 3.09. The van der Waals surface area contributed by atoms with Crippen LogP contribution in [0.15, 0.2) is 34.2 Å². The maximum atomic E-state index is 12.8. The number of benzene rings is 1. The molecule has 0 N–H and O–H groups in total. The highest BCUT2D eigenvalue weighted by molar-refractivity contribution is 7.89.